The maximum atomic E-state index is 11.2. The van der Waals surface area contributed by atoms with Crippen LogP contribution in [0.5, 0.6) is 0 Å². The number of nitrogens with one attached hydrogen (secondary N) is 2. The van der Waals surface area contributed by atoms with Crippen molar-refractivity contribution in [2.24, 2.45) is 0 Å². The molecular weight excluding hydrogens is 244 g/mol. The second-order valence-electron chi connectivity index (χ2n) is 4.48. The lowest BCUT2D eigenvalue weighted by molar-refractivity contribution is 0.0876. The molecule has 0 spiro atoms. The Morgan fingerprint density at radius 2 is 2.11 bits per heavy atom. The van der Waals surface area contributed by atoms with Crippen molar-refractivity contribution in [2.75, 3.05) is 30.5 Å². The van der Waals surface area contributed by atoms with Crippen molar-refractivity contribution in [2.45, 2.75) is 25.8 Å². The van der Waals surface area contributed by atoms with Crippen LogP contribution in [0.2, 0.25) is 0 Å². The first-order valence-electron chi connectivity index (χ1n) is 6.66. The molecule has 1 unspecified atom stereocenters. The van der Waals surface area contributed by atoms with E-state index in [0.717, 1.165) is 37.4 Å². The van der Waals surface area contributed by atoms with Crippen LogP contribution >= 0.6 is 0 Å². The van der Waals surface area contributed by atoms with E-state index in [4.69, 9.17) is 9.47 Å². The summed E-state index contributed by atoms with van der Waals surface area (Å²) in [6.45, 7) is 3.76. The smallest absolute Gasteiger partial charge is 0.411 e. The van der Waals surface area contributed by atoms with Gasteiger partial charge in [-0.2, -0.15) is 0 Å². The molecule has 0 aliphatic carbocycles. The van der Waals surface area contributed by atoms with Crippen LogP contribution in [0.15, 0.2) is 24.3 Å². The zero-order chi connectivity index (χ0) is 13.5. The normalized spacial score (nSPS) is 18.7. The van der Waals surface area contributed by atoms with Gasteiger partial charge >= 0.3 is 6.09 Å². The lowest BCUT2D eigenvalue weighted by atomic mass is 10.1. The fraction of sp³-hybridized carbons (Fsp3) is 0.500. The third-order valence-corrected chi connectivity index (χ3v) is 2.94. The first kappa shape index (κ1) is 13.7. The minimum atomic E-state index is -0.427. The highest BCUT2D eigenvalue weighted by Gasteiger charge is 2.13. The van der Waals surface area contributed by atoms with Gasteiger partial charge in [-0.1, -0.05) is 0 Å². The van der Waals surface area contributed by atoms with Gasteiger partial charge in [-0.15, -0.1) is 0 Å². The van der Waals surface area contributed by atoms with Gasteiger partial charge in [0.2, 0.25) is 0 Å². The third kappa shape index (κ3) is 4.44. The number of benzene rings is 1. The Morgan fingerprint density at radius 1 is 1.37 bits per heavy atom. The van der Waals surface area contributed by atoms with Gasteiger partial charge in [0.15, 0.2) is 0 Å². The largest absolute Gasteiger partial charge is 0.450 e. The van der Waals surface area contributed by atoms with Gasteiger partial charge in [-0.3, -0.25) is 5.32 Å². The maximum Gasteiger partial charge on any atom is 0.411 e. The molecule has 2 N–H and O–H groups in total. The summed E-state index contributed by atoms with van der Waals surface area (Å²) in [5.74, 6) is 0. The standard InChI is InChI=1S/C14H20N2O3/c1-2-19-14(17)16-12-7-5-11(6-8-12)15-13-4-3-9-18-10-13/h5-8,13,15H,2-4,9-10H2,1H3,(H,16,17). The van der Waals surface area contributed by atoms with E-state index < -0.39 is 6.09 Å². The average Bonchev–Trinajstić information content (AvgIpc) is 2.42. The van der Waals surface area contributed by atoms with Crippen LogP contribution < -0.4 is 10.6 Å². The molecule has 5 nitrogen and oxygen atoms in total. The van der Waals surface area contributed by atoms with E-state index in [1.54, 1.807) is 6.92 Å². The summed E-state index contributed by atoms with van der Waals surface area (Å²) >= 11 is 0. The summed E-state index contributed by atoms with van der Waals surface area (Å²) in [6, 6.07) is 7.95. The predicted molar refractivity (Wildman–Crippen MR) is 74.6 cm³/mol. The Labute approximate surface area is 113 Å². The Bertz CT molecular complexity index is 400. The quantitative estimate of drug-likeness (QED) is 0.878. The van der Waals surface area contributed by atoms with Gasteiger partial charge in [0.25, 0.3) is 0 Å². The van der Waals surface area contributed by atoms with Crippen molar-refractivity contribution in [1.82, 2.24) is 0 Å². The molecule has 1 aromatic rings. The highest BCUT2D eigenvalue weighted by molar-refractivity contribution is 5.84. The molecule has 19 heavy (non-hydrogen) atoms. The summed E-state index contributed by atoms with van der Waals surface area (Å²) in [6.07, 6.45) is 1.80. The van der Waals surface area contributed by atoms with Gasteiger partial charge in [0.05, 0.1) is 13.2 Å². The molecule has 1 fully saturated rings. The van der Waals surface area contributed by atoms with Crippen LogP contribution in [0.1, 0.15) is 19.8 Å². The Morgan fingerprint density at radius 3 is 2.74 bits per heavy atom. The van der Waals surface area contributed by atoms with Gasteiger partial charge in [-0.25, -0.2) is 4.79 Å². The molecule has 1 aliphatic rings. The SMILES string of the molecule is CCOC(=O)Nc1ccc(NC2CCCOC2)cc1. The highest BCUT2D eigenvalue weighted by Crippen LogP contribution is 2.17. The number of ether oxygens (including phenoxy) is 2. The molecule has 1 aliphatic heterocycles. The minimum Gasteiger partial charge on any atom is -0.450 e. The zero-order valence-electron chi connectivity index (χ0n) is 11.1. The number of rotatable bonds is 4. The van der Waals surface area contributed by atoms with Gasteiger partial charge in [0.1, 0.15) is 0 Å². The topological polar surface area (TPSA) is 59.6 Å². The predicted octanol–water partition coefficient (Wildman–Crippen LogP) is 2.85. The minimum absolute atomic E-state index is 0.368. The van der Waals surface area contributed by atoms with Crippen LogP contribution in [0, 0.1) is 0 Å². The van der Waals surface area contributed by atoms with Crippen molar-refractivity contribution in [1.29, 1.82) is 0 Å². The number of carbonyl (C=O) groups excluding carboxylic acids is 1. The maximum absolute atomic E-state index is 11.2. The number of hydrogen-bond donors (Lipinski definition) is 2. The molecule has 1 amide bonds. The Hall–Kier alpha value is -1.75. The second kappa shape index (κ2) is 6.99. The third-order valence-electron chi connectivity index (χ3n) is 2.94. The van der Waals surface area contributed by atoms with Crippen LogP contribution in [-0.2, 0) is 9.47 Å². The molecule has 1 heterocycles. The first-order valence-corrected chi connectivity index (χ1v) is 6.66. The monoisotopic (exact) mass is 264 g/mol. The molecular formula is C14H20N2O3. The zero-order valence-corrected chi connectivity index (χ0v) is 11.1. The molecule has 0 aromatic heterocycles. The van der Waals surface area contributed by atoms with Crippen molar-refractivity contribution >= 4 is 17.5 Å². The molecule has 5 heteroatoms. The van der Waals surface area contributed by atoms with Gasteiger partial charge < -0.3 is 14.8 Å². The average molecular weight is 264 g/mol. The highest BCUT2D eigenvalue weighted by atomic mass is 16.5. The lowest BCUT2D eigenvalue weighted by Crippen LogP contribution is -2.29. The van der Waals surface area contributed by atoms with Crippen LogP contribution in [-0.4, -0.2) is 32.0 Å². The molecule has 1 atom stereocenters. The van der Waals surface area contributed by atoms with E-state index in [2.05, 4.69) is 10.6 Å². The fourth-order valence-electron chi connectivity index (χ4n) is 2.03. The van der Waals surface area contributed by atoms with E-state index in [-0.39, 0.29) is 0 Å². The number of amides is 1. The second-order valence-corrected chi connectivity index (χ2v) is 4.48. The molecule has 1 aromatic carbocycles. The van der Waals surface area contributed by atoms with Crippen LogP contribution in [0.4, 0.5) is 16.2 Å². The molecule has 0 bridgehead atoms. The molecule has 0 saturated carbocycles. The number of anilines is 2. The summed E-state index contributed by atoms with van der Waals surface area (Å²) in [7, 11) is 0. The molecule has 0 radical (unpaired) electrons. The van der Waals surface area contributed by atoms with Crippen molar-refractivity contribution in [3.63, 3.8) is 0 Å². The molecule has 104 valence electrons. The van der Waals surface area contributed by atoms with E-state index in [1.165, 1.54) is 0 Å². The number of hydrogen-bond acceptors (Lipinski definition) is 4. The van der Waals surface area contributed by atoms with Crippen LogP contribution in [0.25, 0.3) is 0 Å². The fourth-order valence-corrected chi connectivity index (χ4v) is 2.03. The molecule has 1 saturated heterocycles. The summed E-state index contributed by atoms with van der Waals surface area (Å²) in [4.78, 5) is 11.2. The van der Waals surface area contributed by atoms with E-state index in [1.807, 2.05) is 24.3 Å². The Balaban J connectivity index is 1.85. The Kier molecular flexibility index (Phi) is 5.03. The van der Waals surface area contributed by atoms with E-state index in [0.29, 0.717) is 12.6 Å². The lowest BCUT2D eigenvalue weighted by Gasteiger charge is -2.24. The van der Waals surface area contributed by atoms with Gasteiger partial charge in [0, 0.05) is 24.0 Å². The summed E-state index contributed by atoms with van der Waals surface area (Å²) in [5, 5.41) is 6.08. The van der Waals surface area contributed by atoms with E-state index >= 15 is 0 Å². The summed E-state index contributed by atoms with van der Waals surface area (Å²) < 4.78 is 10.2. The molecule has 2 rings (SSSR count). The van der Waals surface area contributed by atoms with E-state index in [9.17, 15) is 4.79 Å². The van der Waals surface area contributed by atoms with Crippen LogP contribution in [0.3, 0.4) is 0 Å². The number of carbonyl (C=O) groups is 1. The van der Waals surface area contributed by atoms with Crippen molar-refractivity contribution in [3.05, 3.63) is 24.3 Å². The van der Waals surface area contributed by atoms with Crippen molar-refractivity contribution < 1.29 is 14.3 Å². The van der Waals surface area contributed by atoms with Crippen molar-refractivity contribution in [3.8, 4) is 0 Å². The van der Waals surface area contributed by atoms with Gasteiger partial charge in [-0.05, 0) is 44.0 Å². The first-order chi connectivity index (χ1) is 9.28. The summed E-state index contributed by atoms with van der Waals surface area (Å²) in [5.41, 5.74) is 1.76.